The number of aromatic amines is 1. The van der Waals surface area contributed by atoms with Crippen molar-refractivity contribution in [2.75, 3.05) is 0 Å². The van der Waals surface area contributed by atoms with Crippen molar-refractivity contribution >= 4 is 11.9 Å². The second-order valence-electron chi connectivity index (χ2n) is 7.38. The minimum Gasteiger partial charge on any atom is -0.480 e. The Balaban J connectivity index is 1.89. The van der Waals surface area contributed by atoms with E-state index in [0.29, 0.717) is 5.82 Å². The van der Waals surface area contributed by atoms with Gasteiger partial charge in [-0.3, -0.25) is 4.79 Å². The molecule has 1 aromatic heterocycles. The van der Waals surface area contributed by atoms with Crippen LogP contribution in [0.4, 0.5) is 0 Å². The number of benzene rings is 2. The van der Waals surface area contributed by atoms with Crippen molar-refractivity contribution in [2.45, 2.75) is 39.8 Å². The molecule has 1 amide bonds. The number of carboxylic acid groups (broad SMARTS) is 1. The number of carboxylic acids is 1. The van der Waals surface area contributed by atoms with Crippen LogP contribution in [-0.2, 0) is 16.1 Å². The lowest BCUT2D eigenvalue weighted by Crippen LogP contribution is -2.47. The van der Waals surface area contributed by atoms with Crippen molar-refractivity contribution < 1.29 is 14.7 Å². The summed E-state index contributed by atoms with van der Waals surface area (Å²) >= 11 is 0. The van der Waals surface area contributed by atoms with Gasteiger partial charge in [0.15, 0.2) is 0 Å². The van der Waals surface area contributed by atoms with Crippen molar-refractivity contribution in [3.8, 4) is 22.5 Å². The third-order valence-electron chi connectivity index (χ3n) is 4.97. The van der Waals surface area contributed by atoms with Gasteiger partial charge in [-0.1, -0.05) is 69.3 Å². The third kappa shape index (κ3) is 4.53. The minimum absolute atomic E-state index is 0.178. The Kier molecular flexibility index (Phi) is 6.56. The normalized spacial score (nSPS) is 12.0. The van der Waals surface area contributed by atoms with Crippen molar-refractivity contribution in [1.29, 1.82) is 0 Å². The number of carbonyl (C=O) groups excluding carboxylic acids is 1. The number of tetrazole rings is 1. The average molecular weight is 407 g/mol. The van der Waals surface area contributed by atoms with E-state index in [0.717, 1.165) is 22.3 Å². The molecular weight excluding hydrogens is 382 g/mol. The molecule has 2 aromatic carbocycles. The smallest absolute Gasteiger partial charge is 0.326 e. The monoisotopic (exact) mass is 407 g/mol. The highest BCUT2D eigenvalue weighted by Crippen LogP contribution is 2.30. The zero-order chi connectivity index (χ0) is 21.7. The third-order valence-corrected chi connectivity index (χ3v) is 4.97. The maximum Gasteiger partial charge on any atom is 0.326 e. The molecule has 8 nitrogen and oxygen atoms in total. The lowest BCUT2D eigenvalue weighted by Gasteiger charge is -2.31. The number of hydrogen-bond acceptors (Lipinski definition) is 5. The molecular formula is C22H25N5O3. The number of H-pyrrole nitrogens is 1. The molecule has 30 heavy (non-hydrogen) atoms. The van der Waals surface area contributed by atoms with E-state index in [2.05, 4.69) is 20.6 Å². The van der Waals surface area contributed by atoms with Crippen LogP contribution in [0.15, 0.2) is 48.5 Å². The SMILES string of the molecule is CCC(=O)N(Cc1ccc(-c2ccccc2-c2nn[nH]n2)cc1)C(C(=O)O)C(C)C. The van der Waals surface area contributed by atoms with Gasteiger partial charge in [0, 0.05) is 18.5 Å². The van der Waals surface area contributed by atoms with Gasteiger partial charge >= 0.3 is 5.97 Å². The zero-order valence-corrected chi connectivity index (χ0v) is 17.2. The molecule has 0 saturated carbocycles. The van der Waals surface area contributed by atoms with Crippen LogP contribution in [-0.4, -0.2) is 48.5 Å². The van der Waals surface area contributed by atoms with Crippen LogP contribution >= 0.6 is 0 Å². The van der Waals surface area contributed by atoms with Gasteiger partial charge in [-0.15, -0.1) is 10.2 Å². The predicted octanol–water partition coefficient (Wildman–Crippen LogP) is 3.38. The fourth-order valence-electron chi connectivity index (χ4n) is 3.52. The van der Waals surface area contributed by atoms with E-state index in [1.165, 1.54) is 4.90 Å². The first-order valence-electron chi connectivity index (χ1n) is 9.86. The molecule has 0 aliphatic rings. The Morgan fingerprint density at radius 1 is 1.07 bits per heavy atom. The molecule has 0 bridgehead atoms. The molecule has 1 unspecified atom stereocenters. The zero-order valence-electron chi connectivity index (χ0n) is 17.2. The number of nitrogens with zero attached hydrogens (tertiary/aromatic N) is 4. The summed E-state index contributed by atoms with van der Waals surface area (Å²) in [5.41, 5.74) is 3.64. The van der Waals surface area contributed by atoms with Crippen molar-refractivity contribution in [3.63, 3.8) is 0 Å². The maximum atomic E-state index is 12.5. The van der Waals surface area contributed by atoms with Gasteiger partial charge in [-0.2, -0.15) is 5.21 Å². The van der Waals surface area contributed by atoms with E-state index < -0.39 is 12.0 Å². The van der Waals surface area contributed by atoms with Gasteiger partial charge in [0.25, 0.3) is 0 Å². The number of rotatable bonds is 8. The first kappa shape index (κ1) is 21.2. The summed E-state index contributed by atoms with van der Waals surface area (Å²) in [6, 6.07) is 14.6. The highest BCUT2D eigenvalue weighted by Gasteiger charge is 2.31. The highest BCUT2D eigenvalue weighted by atomic mass is 16.4. The molecule has 156 valence electrons. The molecule has 8 heteroatoms. The van der Waals surface area contributed by atoms with Crippen LogP contribution in [0.2, 0.25) is 0 Å². The Labute approximate surface area is 174 Å². The van der Waals surface area contributed by atoms with Crippen LogP contribution in [0.25, 0.3) is 22.5 Å². The van der Waals surface area contributed by atoms with E-state index in [4.69, 9.17) is 0 Å². The maximum absolute atomic E-state index is 12.5. The minimum atomic E-state index is -0.988. The van der Waals surface area contributed by atoms with Crippen LogP contribution in [0.1, 0.15) is 32.8 Å². The van der Waals surface area contributed by atoms with Crippen molar-refractivity contribution in [3.05, 3.63) is 54.1 Å². The van der Waals surface area contributed by atoms with E-state index >= 15 is 0 Å². The van der Waals surface area contributed by atoms with Gasteiger partial charge in [0.1, 0.15) is 6.04 Å². The molecule has 0 aliphatic heterocycles. The molecule has 0 spiro atoms. The number of nitrogens with one attached hydrogen (secondary N) is 1. The van der Waals surface area contributed by atoms with Crippen LogP contribution < -0.4 is 0 Å². The average Bonchev–Trinajstić information content (AvgIpc) is 3.27. The Hall–Kier alpha value is -3.55. The summed E-state index contributed by atoms with van der Waals surface area (Å²) in [6.07, 6.45) is 0.257. The van der Waals surface area contributed by atoms with E-state index in [1.54, 1.807) is 6.92 Å². The Morgan fingerprint density at radius 3 is 2.27 bits per heavy atom. The molecule has 0 radical (unpaired) electrons. The summed E-state index contributed by atoms with van der Waals surface area (Å²) in [7, 11) is 0. The number of aliphatic carboxylic acids is 1. The van der Waals surface area contributed by atoms with Crippen molar-refractivity contribution in [2.24, 2.45) is 5.92 Å². The standard InChI is InChI=1S/C22H25N5O3/c1-4-19(28)27(20(14(2)3)22(29)30)13-15-9-11-16(12-10-15)17-7-5-6-8-18(17)21-23-25-26-24-21/h5-12,14,20H,4,13H2,1-3H3,(H,29,30)(H,23,24,25,26). The van der Waals surface area contributed by atoms with Gasteiger partial charge in [-0.05, 0) is 27.8 Å². The largest absolute Gasteiger partial charge is 0.480 e. The van der Waals surface area contributed by atoms with Gasteiger partial charge in [-0.25, -0.2) is 4.79 Å². The summed E-state index contributed by atoms with van der Waals surface area (Å²) in [5, 5.41) is 23.9. The topological polar surface area (TPSA) is 112 Å². The molecule has 0 aliphatic carbocycles. The lowest BCUT2D eigenvalue weighted by molar-refractivity contribution is -0.152. The second kappa shape index (κ2) is 9.30. The summed E-state index contributed by atoms with van der Waals surface area (Å²) in [6.45, 7) is 5.61. The van der Waals surface area contributed by atoms with Crippen molar-refractivity contribution in [1.82, 2.24) is 25.5 Å². The number of carbonyl (C=O) groups is 2. The van der Waals surface area contributed by atoms with E-state index in [-0.39, 0.29) is 24.8 Å². The van der Waals surface area contributed by atoms with Crippen LogP contribution in [0.5, 0.6) is 0 Å². The molecule has 1 heterocycles. The lowest BCUT2D eigenvalue weighted by atomic mass is 9.97. The molecule has 0 fully saturated rings. The van der Waals surface area contributed by atoms with E-state index in [1.807, 2.05) is 62.4 Å². The fourth-order valence-corrected chi connectivity index (χ4v) is 3.52. The number of amides is 1. The summed E-state index contributed by atoms with van der Waals surface area (Å²) in [4.78, 5) is 25.7. The van der Waals surface area contributed by atoms with Gasteiger partial charge in [0.05, 0.1) is 0 Å². The number of hydrogen-bond donors (Lipinski definition) is 2. The first-order chi connectivity index (χ1) is 14.4. The molecule has 0 saturated heterocycles. The van der Waals surface area contributed by atoms with Crippen LogP contribution in [0, 0.1) is 5.92 Å². The van der Waals surface area contributed by atoms with Crippen LogP contribution in [0.3, 0.4) is 0 Å². The van der Waals surface area contributed by atoms with E-state index in [9.17, 15) is 14.7 Å². The van der Waals surface area contributed by atoms with Gasteiger partial charge < -0.3 is 10.0 Å². The molecule has 3 aromatic rings. The summed E-state index contributed by atoms with van der Waals surface area (Å²) < 4.78 is 0. The molecule has 3 rings (SSSR count). The highest BCUT2D eigenvalue weighted by molar-refractivity contribution is 5.84. The van der Waals surface area contributed by atoms with Gasteiger partial charge in [0.2, 0.25) is 11.7 Å². The molecule has 2 N–H and O–H groups in total. The predicted molar refractivity (Wildman–Crippen MR) is 112 cm³/mol. The summed E-state index contributed by atoms with van der Waals surface area (Å²) in [5.74, 6) is -0.852. The fraction of sp³-hybridized carbons (Fsp3) is 0.318. The Morgan fingerprint density at radius 2 is 1.73 bits per heavy atom. The molecule has 1 atom stereocenters. The quantitative estimate of drug-likeness (QED) is 0.592. The second-order valence-corrected chi connectivity index (χ2v) is 7.38. The Bertz CT molecular complexity index is 1000. The number of aromatic nitrogens is 4. The first-order valence-corrected chi connectivity index (χ1v) is 9.86.